The molecule has 3 nitrogen and oxygen atoms in total. The predicted molar refractivity (Wildman–Crippen MR) is 97.5 cm³/mol. The van der Waals surface area contributed by atoms with Crippen molar-refractivity contribution in [3.8, 4) is 5.75 Å². The average molecular weight is 379 g/mol. The van der Waals surface area contributed by atoms with Gasteiger partial charge < -0.3 is 15.2 Å². The Morgan fingerprint density at radius 3 is 2.30 bits per heavy atom. The average Bonchev–Trinajstić information content (AvgIpc) is 2.68. The van der Waals surface area contributed by atoms with Crippen molar-refractivity contribution in [1.29, 1.82) is 0 Å². The molecular formula is C21H24F3NO2. The van der Waals surface area contributed by atoms with E-state index >= 15 is 0 Å². The number of aliphatic hydroxyl groups excluding tert-OH is 1. The summed E-state index contributed by atoms with van der Waals surface area (Å²) >= 11 is 0. The van der Waals surface area contributed by atoms with E-state index in [4.69, 9.17) is 4.74 Å². The molecule has 27 heavy (non-hydrogen) atoms. The van der Waals surface area contributed by atoms with Crippen LogP contribution in [0.4, 0.5) is 13.2 Å². The lowest BCUT2D eigenvalue weighted by Gasteiger charge is -2.32. The van der Waals surface area contributed by atoms with Gasteiger partial charge in [0.25, 0.3) is 0 Å². The second kappa shape index (κ2) is 8.76. The summed E-state index contributed by atoms with van der Waals surface area (Å²) in [5, 5.41) is 12.8. The van der Waals surface area contributed by atoms with Crippen LogP contribution in [0.3, 0.4) is 0 Å². The second-order valence-corrected chi connectivity index (χ2v) is 6.95. The number of rotatable bonds is 6. The summed E-state index contributed by atoms with van der Waals surface area (Å²) in [6.07, 6.45) is -0.994. The predicted octanol–water partition coefficient (Wildman–Crippen LogP) is 4.72. The van der Waals surface area contributed by atoms with E-state index in [-0.39, 0.29) is 24.8 Å². The first-order valence-electron chi connectivity index (χ1n) is 9.21. The number of hydrogen-bond donors (Lipinski definition) is 2. The van der Waals surface area contributed by atoms with Crippen LogP contribution >= 0.6 is 0 Å². The number of nitrogens with one attached hydrogen (secondary N) is 1. The maximum atomic E-state index is 12.8. The van der Waals surface area contributed by atoms with Gasteiger partial charge in [0.1, 0.15) is 11.9 Å². The van der Waals surface area contributed by atoms with E-state index in [0.717, 1.165) is 37.0 Å². The zero-order chi connectivity index (χ0) is 19.3. The summed E-state index contributed by atoms with van der Waals surface area (Å²) in [4.78, 5) is 0. The largest absolute Gasteiger partial charge is 0.486 e. The second-order valence-electron chi connectivity index (χ2n) is 6.95. The van der Waals surface area contributed by atoms with E-state index in [2.05, 4.69) is 5.32 Å². The van der Waals surface area contributed by atoms with Crippen LogP contribution in [-0.4, -0.2) is 23.8 Å². The highest BCUT2D eigenvalue weighted by molar-refractivity contribution is 5.30. The van der Waals surface area contributed by atoms with Crippen LogP contribution in [0.25, 0.3) is 0 Å². The molecule has 0 bridgehead atoms. The number of alkyl halides is 3. The summed E-state index contributed by atoms with van der Waals surface area (Å²) < 4.78 is 44.3. The van der Waals surface area contributed by atoms with Crippen LogP contribution in [0.2, 0.25) is 0 Å². The van der Waals surface area contributed by atoms with Gasteiger partial charge in [-0.2, -0.15) is 13.2 Å². The van der Waals surface area contributed by atoms with E-state index < -0.39 is 11.7 Å². The highest BCUT2D eigenvalue weighted by Gasteiger charge is 2.30. The fourth-order valence-electron chi connectivity index (χ4n) is 3.51. The third-order valence-corrected chi connectivity index (χ3v) is 4.93. The van der Waals surface area contributed by atoms with E-state index in [0.29, 0.717) is 12.2 Å². The van der Waals surface area contributed by atoms with E-state index in [1.54, 1.807) is 0 Å². The Hall–Kier alpha value is -2.05. The van der Waals surface area contributed by atoms with E-state index in [1.165, 1.54) is 12.1 Å². The first-order valence-corrected chi connectivity index (χ1v) is 9.21. The van der Waals surface area contributed by atoms with Crippen LogP contribution in [0.15, 0.2) is 54.6 Å². The molecule has 0 aliphatic carbocycles. The third-order valence-electron chi connectivity index (χ3n) is 4.93. The van der Waals surface area contributed by atoms with Crippen LogP contribution in [0.1, 0.15) is 42.9 Å². The molecule has 1 fully saturated rings. The fourth-order valence-corrected chi connectivity index (χ4v) is 3.51. The molecule has 6 heteroatoms. The Kier molecular flexibility index (Phi) is 6.39. The summed E-state index contributed by atoms with van der Waals surface area (Å²) in [6, 6.07) is 14.8. The van der Waals surface area contributed by atoms with Gasteiger partial charge in [-0.1, -0.05) is 36.8 Å². The summed E-state index contributed by atoms with van der Waals surface area (Å²) in [6.45, 7) is 0.103. The topological polar surface area (TPSA) is 41.5 Å². The van der Waals surface area contributed by atoms with Gasteiger partial charge >= 0.3 is 6.18 Å². The molecule has 1 aliphatic rings. The van der Waals surface area contributed by atoms with Crippen molar-refractivity contribution in [2.45, 2.75) is 50.0 Å². The Balaban J connectivity index is 1.74. The Bertz CT molecular complexity index is 704. The van der Waals surface area contributed by atoms with E-state index in [9.17, 15) is 18.3 Å². The molecule has 0 saturated carbocycles. The molecule has 1 saturated heterocycles. The van der Waals surface area contributed by atoms with Gasteiger partial charge in [0.15, 0.2) is 0 Å². The quantitative estimate of drug-likeness (QED) is 0.763. The zero-order valence-electron chi connectivity index (χ0n) is 15.0. The SMILES string of the molecule is OCC1CCCC(CC(Oc2ccc(C(F)(F)F)cc2)c2ccccc2)N1. The van der Waals surface area contributed by atoms with Crippen LogP contribution < -0.4 is 10.1 Å². The third kappa shape index (κ3) is 5.47. The molecule has 1 heterocycles. The number of benzene rings is 2. The van der Waals surface area contributed by atoms with Crippen LogP contribution in [0, 0.1) is 0 Å². The highest BCUT2D eigenvalue weighted by atomic mass is 19.4. The molecule has 2 aromatic carbocycles. The van der Waals surface area contributed by atoms with Crippen molar-refractivity contribution >= 4 is 0 Å². The van der Waals surface area contributed by atoms with E-state index in [1.807, 2.05) is 30.3 Å². The summed E-state index contributed by atoms with van der Waals surface area (Å²) in [5.74, 6) is 0.409. The first-order chi connectivity index (χ1) is 13.0. The van der Waals surface area contributed by atoms with Gasteiger partial charge in [-0.05, 0) is 42.7 Å². The lowest BCUT2D eigenvalue weighted by atomic mass is 9.93. The molecule has 3 atom stereocenters. The van der Waals surface area contributed by atoms with Gasteiger partial charge in [-0.25, -0.2) is 0 Å². The highest BCUT2D eigenvalue weighted by Crippen LogP contribution is 2.33. The van der Waals surface area contributed by atoms with Gasteiger partial charge in [-0.3, -0.25) is 0 Å². The molecule has 1 aliphatic heterocycles. The monoisotopic (exact) mass is 379 g/mol. The number of ether oxygens (including phenoxy) is 1. The molecular weight excluding hydrogens is 355 g/mol. The van der Waals surface area contributed by atoms with Crippen LogP contribution in [0.5, 0.6) is 5.75 Å². The van der Waals surface area contributed by atoms with Gasteiger partial charge in [-0.15, -0.1) is 0 Å². The van der Waals surface area contributed by atoms with Gasteiger partial charge in [0.05, 0.1) is 12.2 Å². The van der Waals surface area contributed by atoms with Crippen LogP contribution in [-0.2, 0) is 6.18 Å². The molecule has 146 valence electrons. The maximum absolute atomic E-state index is 12.8. The molecule has 2 aromatic rings. The lowest BCUT2D eigenvalue weighted by molar-refractivity contribution is -0.137. The van der Waals surface area contributed by atoms with Crippen molar-refractivity contribution in [3.05, 3.63) is 65.7 Å². The minimum atomic E-state index is -4.36. The number of piperidine rings is 1. The van der Waals surface area contributed by atoms with Crippen molar-refractivity contribution in [1.82, 2.24) is 5.32 Å². The van der Waals surface area contributed by atoms with Crippen molar-refractivity contribution < 1.29 is 23.0 Å². The summed E-state index contributed by atoms with van der Waals surface area (Å²) in [5.41, 5.74) is 0.288. The first kappa shape index (κ1) is 19.7. The zero-order valence-corrected chi connectivity index (χ0v) is 15.0. The van der Waals surface area contributed by atoms with Gasteiger partial charge in [0.2, 0.25) is 0 Å². The minimum absolute atomic E-state index is 0.0891. The van der Waals surface area contributed by atoms with Crippen molar-refractivity contribution in [2.24, 2.45) is 0 Å². The number of hydrogen-bond acceptors (Lipinski definition) is 3. The minimum Gasteiger partial charge on any atom is -0.486 e. The fraction of sp³-hybridized carbons (Fsp3) is 0.429. The Morgan fingerprint density at radius 2 is 1.67 bits per heavy atom. The smallest absolute Gasteiger partial charge is 0.416 e. The molecule has 3 rings (SSSR count). The lowest BCUT2D eigenvalue weighted by Crippen LogP contribution is -2.45. The van der Waals surface area contributed by atoms with Crippen molar-refractivity contribution in [2.75, 3.05) is 6.61 Å². The normalized spacial score (nSPS) is 21.6. The maximum Gasteiger partial charge on any atom is 0.416 e. The number of halogens is 3. The molecule has 0 radical (unpaired) electrons. The van der Waals surface area contributed by atoms with Gasteiger partial charge in [0, 0.05) is 18.5 Å². The summed E-state index contributed by atoms with van der Waals surface area (Å²) in [7, 11) is 0. The molecule has 3 unspecified atom stereocenters. The number of aliphatic hydroxyl groups is 1. The Morgan fingerprint density at radius 1 is 1.00 bits per heavy atom. The molecule has 0 aromatic heterocycles. The molecule has 0 amide bonds. The van der Waals surface area contributed by atoms with Crippen molar-refractivity contribution in [3.63, 3.8) is 0 Å². The standard InChI is InChI=1S/C21H24F3NO2/c22-21(23,24)16-9-11-19(12-10-16)27-20(15-5-2-1-3-6-15)13-17-7-4-8-18(14-26)25-17/h1-3,5-6,9-12,17-18,20,25-26H,4,7-8,13-14H2. The molecule has 0 spiro atoms. The molecule has 2 N–H and O–H groups in total. The Labute approximate surface area is 157 Å².